The molecule has 0 aromatic carbocycles. The van der Waals surface area contributed by atoms with Gasteiger partial charge < -0.3 is 50.9 Å². The van der Waals surface area contributed by atoms with E-state index in [0.29, 0.717) is 18.1 Å². The first-order chi connectivity index (χ1) is 29.4. The zero-order valence-corrected chi connectivity index (χ0v) is 39.2. The van der Waals surface area contributed by atoms with Gasteiger partial charge in [0.25, 0.3) is 0 Å². The summed E-state index contributed by atoms with van der Waals surface area (Å²) in [6.45, 7) is 4.93. The number of rotatable bonds is 30. The third-order valence-corrected chi connectivity index (χ3v) is 13.9. The summed E-state index contributed by atoms with van der Waals surface area (Å²) in [6.07, 6.45) is 4.27. The van der Waals surface area contributed by atoms with E-state index in [1.807, 2.05) is 0 Å². The van der Waals surface area contributed by atoms with Gasteiger partial charge in [0.1, 0.15) is 36.3 Å². The van der Waals surface area contributed by atoms with E-state index in [1.54, 1.807) is 0 Å². The molecule has 2 aromatic rings. The fraction of sp³-hybridized carbons (Fsp3) is 0.771. The van der Waals surface area contributed by atoms with Gasteiger partial charge >= 0.3 is 23.5 Å². The van der Waals surface area contributed by atoms with Gasteiger partial charge in [0, 0.05) is 37.1 Å². The molecule has 8 atom stereocenters. The molecule has 2 amide bonds. The second kappa shape index (κ2) is 25.5. The molecule has 0 bridgehead atoms. The lowest BCUT2D eigenvalue weighted by Gasteiger charge is -2.30. The van der Waals surface area contributed by atoms with Crippen LogP contribution in [0.5, 0.6) is 0 Å². The maximum Gasteiger partial charge on any atom is 0.481 e. The van der Waals surface area contributed by atoms with Crippen LogP contribution in [0.25, 0.3) is 11.2 Å². The van der Waals surface area contributed by atoms with Gasteiger partial charge in [-0.15, -0.1) is 0 Å². The Morgan fingerprint density at radius 1 is 0.952 bits per heavy atom. The number of imidazole rings is 1. The molecular weight excluding hydrogens is 915 g/mol. The number of phosphoric ester groups is 3. The predicted molar refractivity (Wildman–Crippen MR) is 228 cm³/mol. The topological polar surface area (TPSA) is 364 Å². The Balaban J connectivity index is 1.37. The summed E-state index contributed by atoms with van der Waals surface area (Å²) in [4.78, 5) is 88.3. The summed E-state index contributed by atoms with van der Waals surface area (Å²) in [5.74, 6) is -0.557. The highest BCUT2D eigenvalue weighted by molar-refractivity contribution is 8.13. The third kappa shape index (κ3) is 19.1. The number of unbranched alkanes of at least 4 members (excludes halogenated alkanes) is 6. The molecular formula is C35H62N7O17P3S. The fourth-order valence-corrected chi connectivity index (χ4v) is 9.85. The first-order valence-electron chi connectivity index (χ1n) is 20.5. The third-order valence-electron chi connectivity index (χ3n) is 9.91. The van der Waals surface area contributed by atoms with Crippen molar-refractivity contribution in [2.45, 2.75) is 129 Å². The van der Waals surface area contributed by atoms with E-state index in [4.69, 9.17) is 19.5 Å². The Bertz CT molecular complexity index is 1940. The highest BCUT2D eigenvalue weighted by Crippen LogP contribution is 2.61. The summed E-state index contributed by atoms with van der Waals surface area (Å²) >= 11 is 1.15. The van der Waals surface area contributed by atoms with Crippen LogP contribution >= 0.6 is 35.2 Å². The highest BCUT2D eigenvalue weighted by Gasteiger charge is 2.50. The van der Waals surface area contributed by atoms with Crippen LogP contribution in [0.4, 0.5) is 5.82 Å². The van der Waals surface area contributed by atoms with Crippen LogP contribution in [0.2, 0.25) is 0 Å². The van der Waals surface area contributed by atoms with Crippen LogP contribution in [0.15, 0.2) is 12.7 Å². The number of nitrogens with zero attached hydrogens (tertiary/aromatic N) is 4. The Morgan fingerprint density at radius 3 is 2.30 bits per heavy atom. The van der Waals surface area contributed by atoms with Crippen molar-refractivity contribution in [2.75, 3.05) is 37.8 Å². The number of nitrogen functional groups attached to an aromatic ring is 1. The van der Waals surface area contributed by atoms with Gasteiger partial charge in [-0.3, -0.25) is 32.5 Å². The number of thioether (sulfide) groups is 1. The minimum absolute atomic E-state index is 0.0332. The summed E-state index contributed by atoms with van der Waals surface area (Å²) in [5, 5.41) is 26.6. The number of amides is 2. The molecule has 0 saturated carbocycles. The van der Waals surface area contributed by atoms with Crippen LogP contribution in [-0.4, -0.2) is 123 Å². The zero-order chi connectivity index (χ0) is 47.0. The molecule has 1 aliphatic heterocycles. The molecule has 1 saturated heterocycles. The number of anilines is 1. The Kier molecular flexibility index (Phi) is 22.2. The number of hydrogen-bond donors (Lipinski definition) is 9. The quantitative estimate of drug-likeness (QED) is 0.0401. The van der Waals surface area contributed by atoms with Crippen LogP contribution < -0.4 is 16.4 Å². The number of aliphatic hydroxyl groups excluding tert-OH is 2. The number of aromatic nitrogens is 4. The van der Waals surface area contributed by atoms with Gasteiger partial charge in [-0.1, -0.05) is 90.8 Å². The summed E-state index contributed by atoms with van der Waals surface area (Å²) in [6, 6.07) is 0. The van der Waals surface area contributed by atoms with Crippen LogP contribution in [0.1, 0.15) is 105 Å². The monoisotopic (exact) mass is 977 g/mol. The van der Waals surface area contributed by atoms with Crippen LogP contribution in [-0.2, 0) is 50.7 Å². The van der Waals surface area contributed by atoms with Crippen LogP contribution in [0, 0.1) is 11.3 Å². The molecule has 1 aliphatic rings. The molecule has 0 aliphatic carbocycles. The van der Waals surface area contributed by atoms with Gasteiger partial charge in [0.2, 0.25) is 11.8 Å². The number of carbonyl (C=O) groups is 3. The SMILES string of the molecule is CCCCCCCCCC(C)CCC(=O)SCCNC(=O)CCNC(=O)C(O)C(C)(C)COP(=O)(O)OP(=O)(O)OCC1OC(n2cnc3c(N)ncnc32)C(O)C1OP(=O)(O)O. The molecule has 2 aromatic heterocycles. The van der Waals surface area contributed by atoms with Crippen molar-refractivity contribution in [2.24, 2.45) is 11.3 Å². The number of phosphoric acid groups is 3. The maximum atomic E-state index is 12.7. The first-order valence-corrected chi connectivity index (χ1v) is 26.0. The number of fused-ring (bicyclic) bond motifs is 1. The molecule has 8 unspecified atom stereocenters. The molecule has 24 nitrogen and oxygen atoms in total. The van der Waals surface area contributed by atoms with Crippen molar-refractivity contribution in [3.63, 3.8) is 0 Å². The number of ether oxygens (including phenoxy) is 1. The summed E-state index contributed by atoms with van der Waals surface area (Å²) in [7, 11) is -16.4. The zero-order valence-electron chi connectivity index (χ0n) is 35.7. The van der Waals surface area contributed by atoms with Gasteiger partial charge in [0.15, 0.2) is 22.8 Å². The van der Waals surface area contributed by atoms with Crippen molar-refractivity contribution < 1.29 is 80.5 Å². The van der Waals surface area contributed by atoms with Crippen molar-refractivity contribution in [1.29, 1.82) is 0 Å². The van der Waals surface area contributed by atoms with Gasteiger partial charge in [-0.05, 0) is 12.3 Å². The van der Waals surface area contributed by atoms with Crippen molar-refractivity contribution in [3.05, 3.63) is 12.7 Å². The first kappa shape index (κ1) is 54.9. The molecule has 360 valence electrons. The van der Waals surface area contributed by atoms with Crippen molar-refractivity contribution in [1.82, 2.24) is 30.2 Å². The van der Waals surface area contributed by atoms with E-state index in [-0.39, 0.29) is 41.6 Å². The largest absolute Gasteiger partial charge is 0.481 e. The van der Waals surface area contributed by atoms with Gasteiger partial charge in [0.05, 0.1) is 19.5 Å². The molecule has 0 spiro atoms. The lowest BCUT2D eigenvalue weighted by molar-refractivity contribution is -0.137. The van der Waals surface area contributed by atoms with Crippen LogP contribution in [0.3, 0.4) is 0 Å². The van der Waals surface area contributed by atoms with E-state index in [2.05, 4.69) is 48.3 Å². The number of hydrogen-bond acceptors (Lipinski definition) is 18. The second-order valence-corrected chi connectivity index (χ2v) is 21.2. The fourth-order valence-electron chi connectivity index (χ4n) is 6.33. The Labute approximate surface area is 369 Å². The van der Waals surface area contributed by atoms with E-state index in [0.717, 1.165) is 41.8 Å². The molecule has 3 heterocycles. The van der Waals surface area contributed by atoms with E-state index < -0.39 is 84.6 Å². The predicted octanol–water partition coefficient (Wildman–Crippen LogP) is 3.22. The number of nitrogens with two attached hydrogens (primary N) is 1. The van der Waals surface area contributed by atoms with Crippen molar-refractivity contribution in [3.8, 4) is 0 Å². The molecule has 63 heavy (non-hydrogen) atoms. The normalized spacial score (nSPS) is 21.1. The van der Waals surface area contributed by atoms with Gasteiger partial charge in [-0.2, -0.15) is 4.31 Å². The van der Waals surface area contributed by atoms with Gasteiger partial charge in [-0.25, -0.2) is 28.6 Å². The summed E-state index contributed by atoms with van der Waals surface area (Å²) in [5.41, 5.74) is 4.28. The average Bonchev–Trinajstić information content (AvgIpc) is 3.76. The van der Waals surface area contributed by atoms with E-state index in [1.165, 1.54) is 58.8 Å². The number of carbonyl (C=O) groups excluding carboxylic acids is 3. The second-order valence-electron chi connectivity index (χ2n) is 15.8. The number of nitrogens with one attached hydrogen (secondary N) is 2. The molecule has 10 N–H and O–H groups in total. The lowest BCUT2D eigenvalue weighted by atomic mass is 9.87. The molecule has 28 heteroatoms. The minimum atomic E-state index is -5.57. The molecule has 1 fully saturated rings. The summed E-state index contributed by atoms with van der Waals surface area (Å²) < 4.78 is 62.4. The van der Waals surface area contributed by atoms with E-state index >= 15 is 0 Å². The lowest BCUT2D eigenvalue weighted by Crippen LogP contribution is -2.46. The average molecular weight is 978 g/mol. The highest BCUT2D eigenvalue weighted by atomic mass is 32.2. The Hall–Kier alpha value is -2.44. The number of aliphatic hydroxyl groups is 2. The maximum absolute atomic E-state index is 12.7. The standard InChI is InChI=1S/C35H62N7O17P3S/c1-5-6-7-8-9-10-11-12-23(2)13-14-26(44)63-18-17-37-25(43)15-16-38-33(47)30(46)35(3,4)20-56-62(53,54)59-61(51,52)55-19-24-29(58-60(48,49)50)28(45)34(57-24)42-22-41-27-31(36)39-21-40-32(27)42/h21-24,28-30,34,45-46H,5-20H2,1-4H3,(H,37,43)(H,38,47)(H,51,52)(H,53,54)(H2,36,39,40)(H2,48,49,50). The minimum Gasteiger partial charge on any atom is -0.386 e. The Morgan fingerprint density at radius 2 is 1.62 bits per heavy atom. The van der Waals surface area contributed by atoms with E-state index in [9.17, 15) is 57.9 Å². The smallest absolute Gasteiger partial charge is 0.386 e. The van der Waals surface area contributed by atoms with Crippen molar-refractivity contribution >= 4 is 69.1 Å². The molecule has 0 radical (unpaired) electrons. The molecule has 3 rings (SSSR count).